The second-order valence-corrected chi connectivity index (χ2v) is 5.30. The van der Waals surface area contributed by atoms with Crippen molar-refractivity contribution in [3.05, 3.63) is 45.5 Å². The standard InChI is InChI=1S/C14H12BrClN2O3/c1-2-20-14(19)9-6-13(18-7-11(9)17)21-12-4-3-8(16)5-10(12)15/h3-7H,2,17H2,1H3. The van der Waals surface area contributed by atoms with Gasteiger partial charge in [-0.15, -0.1) is 0 Å². The Hall–Kier alpha value is -1.79. The van der Waals surface area contributed by atoms with Gasteiger partial charge in [-0.2, -0.15) is 0 Å². The molecule has 0 spiro atoms. The molecule has 0 saturated carbocycles. The van der Waals surface area contributed by atoms with Gasteiger partial charge < -0.3 is 15.2 Å². The summed E-state index contributed by atoms with van der Waals surface area (Å²) < 4.78 is 11.2. The van der Waals surface area contributed by atoms with Gasteiger partial charge in [0, 0.05) is 11.1 Å². The lowest BCUT2D eigenvalue weighted by molar-refractivity contribution is 0.0527. The minimum atomic E-state index is -0.516. The summed E-state index contributed by atoms with van der Waals surface area (Å²) in [4.78, 5) is 15.8. The number of hydrogen-bond donors (Lipinski definition) is 1. The maximum absolute atomic E-state index is 11.8. The normalized spacial score (nSPS) is 10.2. The number of nitrogens with two attached hydrogens (primary N) is 1. The van der Waals surface area contributed by atoms with Crippen molar-refractivity contribution in [2.45, 2.75) is 6.92 Å². The molecule has 1 aromatic heterocycles. The van der Waals surface area contributed by atoms with E-state index in [2.05, 4.69) is 20.9 Å². The fourth-order valence-electron chi connectivity index (χ4n) is 1.56. The number of benzene rings is 1. The van der Waals surface area contributed by atoms with Crippen molar-refractivity contribution in [3.8, 4) is 11.6 Å². The Kier molecular flexibility index (Phi) is 5.03. The smallest absolute Gasteiger partial charge is 0.340 e. The third kappa shape index (κ3) is 3.86. The van der Waals surface area contributed by atoms with Crippen molar-refractivity contribution in [2.24, 2.45) is 0 Å². The molecule has 0 unspecified atom stereocenters. The van der Waals surface area contributed by atoms with Crippen LogP contribution in [0.3, 0.4) is 0 Å². The van der Waals surface area contributed by atoms with E-state index in [4.69, 9.17) is 26.8 Å². The average Bonchev–Trinajstić information content (AvgIpc) is 2.44. The van der Waals surface area contributed by atoms with E-state index in [0.717, 1.165) is 0 Å². The van der Waals surface area contributed by atoms with Crippen LogP contribution >= 0.6 is 27.5 Å². The lowest BCUT2D eigenvalue weighted by Gasteiger charge is -2.10. The Bertz CT molecular complexity index is 679. The highest BCUT2D eigenvalue weighted by molar-refractivity contribution is 9.10. The molecule has 5 nitrogen and oxygen atoms in total. The van der Waals surface area contributed by atoms with Gasteiger partial charge in [0.15, 0.2) is 0 Å². The van der Waals surface area contributed by atoms with Crippen LogP contribution in [0.25, 0.3) is 0 Å². The number of halogens is 2. The molecule has 1 aromatic carbocycles. The SMILES string of the molecule is CCOC(=O)c1cc(Oc2ccc(Cl)cc2Br)ncc1N. The van der Waals surface area contributed by atoms with E-state index in [-0.39, 0.29) is 23.7 Å². The molecule has 7 heteroatoms. The second-order valence-electron chi connectivity index (χ2n) is 4.01. The highest BCUT2D eigenvalue weighted by Crippen LogP contribution is 2.31. The van der Waals surface area contributed by atoms with Gasteiger partial charge in [0.2, 0.25) is 5.88 Å². The zero-order chi connectivity index (χ0) is 15.4. The van der Waals surface area contributed by atoms with Gasteiger partial charge in [0.1, 0.15) is 5.75 Å². The van der Waals surface area contributed by atoms with E-state index in [1.165, 1.54) is 12.3 Å². The topological polar surface area (TPSA) is 74.4 Å². The van der Waals surface area contributed by atoms with E-state index >= 15 is 0 Å². The molecule has 0 fully saturated rings. The summed E-state index contributed by atoms with van der Waals surface area (Å²) in [5.41, 5.74) is 6.17. The van der Waals surface area contributed by atoms with Crippen LogP contribution in [0.4, 0.5) is 5.69 Å². The molecule has 0 saturated heterocycles. The maximum atomic E-state index is 11.8. The Morgan fingerprint density at radius 3 is 2.86 bits per heavy atom. The fraction of sp³-hybridized carbons (Fsp3) is 0.143. The van der Waals surface area contributed by atoms with Gasteiger partial charge in [-0.1, -0.05) is 11.6 Å². The van der Waals surface area contributed by atoms with E-state index in [0.29, 0.717) is 15.2 Å². The lowest BCUT2D eigenvalue weighted by Crippen LogP contribution is -2.08. The van der Waals surface area contributed by atoms with Crippen molar-refractivity contribution in [2.75, 3.05) is 12.3 Å². The van der Waals surface area contributed by atoms with Crippen LogP contribution in [0.1, 0.15) is 17.3 Å². The van der Waals surface area contributed by atoms with Crippen molar-refractivity contribution >= 4 is 39.2 Å². The number of carbonyl (C=O) groups excluding carboxylic acids is 1. The van der Waals surface area contributed by atoms with E-state index < -0.39 is 5.97 Å². The van der Waals surface area contributed by atoms with Crippen molar-refractivity contribution < 1.29 is 14.3 Å². The minimum Gasteiger partial charge on any atom is -0.462 e. The number of nitrogens with zero attached hydrogens (tertiary/aromatic N) is 1. The number of hydrogen-bond acceptors (Lipinski definition) is 5. The third-order valence-corrected chi connectivity index (χ3v) is 3.37. The van der Waals surface area contributed by atoms with Gasteiger partial charge in [-0.05, 0) is 41.1 Å². The molecule has 0 aliphatic heterocycles. The van der Waals surface area contributed by atoms with Crippen LogP contribution in [0, 0.1) is 0 Å². The number of esters is 1. The Morgan fingerprint density at radius 1 is 1.43 bits per heavy atom. The second kappa shape index (κ2) is 6.78. The molecule has 0 bridgehead atoms. The largest absolute Gasteiger partial charge is 0.462 e. The Balaban J connectivity index is 2.28. The first-order chi connectivity index (χ1) is 10.0. The first kappa shape index (κ1) is 15.6. The van der Waals surface area contributed by atoms with E-state index in [1.807, 2.05) is 0 Å². The maximum Gasteiger partial charge on any atom is 0.340 e. The van der Waals surface area contributed by atoms with Gasteiger partial charge in [-0.3, -0.25) is 0 Å². The number of nitrogen functional groups attached to an aromatic ring is 1. The summed E-state index contributed by atoms with van der Waals surface area (Å²) in [6.45, 7) is 1.98. The van der Waals surface area contributed by atoms with Crippen LogP contribution < -0.4 is 10.5 Å². The molecule has 2 N–H and O–H groups in total. The number of pyridine rings is 1. The van der Waals surface area contributed by atoms with Crippen LogP contribution in [-0.2, 0) is 4.74 Å². The van der Waals surface area contributed by atoms with Crippen LogP contribution in [0.5, 0.6) is 11.6 Å². The minimum absolute atomic E-state index is 0.215. The predicted molar refractivity (Wildman–Crippen MR) is 83.8 cm³/mol. The highest BCUT2D eigenvalue weighted by atomic mass is 79.9. The number of carbonyl (C=O) groups is 1. The predicted octanol–water partition coefficient (Wildman–Crippen LogP) is 4.05. The summed E-state index contributed by atoms with van der Waals surface area (Å²) >= 11 is 9.20. The van der Waals surface area contributed by atoms with Crippen molar-refractivity contribution in [1.29, 1.82) is 0 Å². The number of rotatable bonds is 4. The molecular weight excluding hydrogens is 360 g/mol. The Labute approximate surface area is 135 Å². The quantitative estimate of drug-likeness (QED) is 0.821. The number of aromatic nitrogens is 1. The molecule has 1 heterocycles. The fourth-order valence-corrected chi connectivity index (χ4v) is 2.32. The summed E-state index contributed by atoms with van der Waals surface area (Å²) in [5.74, 6) is 0.235. The monoisotopic (exact) mass is 370 g/mol. The number of anilines is 1. The zero-order valence-corrected chi connectivity index (χ0v) is 13.4. The van der Waals surface area contributed by atoms with Crippen molar-refractivity contribution in [3.63, 3.8) is 0 Å². The van der Waals surface area contributed by atoms with E-state index in [1.54, 1.807) is 25.1 Å². The first-order valence-corrected chi connectivity index (χ1v) is 7.24. The zero-order valence-electron chi connectivity index (χ0n) is 11.1. The molecule has 0 radical (unpaired) electrons. The molecule has 0 amide bonds. The molecule has 0 aliphatic carbocycles. The summed E-state index contributed by atoms with van der Waals surface area (Å²) in [6, 6.07) is 6.51. The molecule has 2 rings (SSSR count). The van der Waals surface area contributed by atoms with E-state index in [9.17, 15) is 4.79 Å². The van der Waals surface area contributed by atoms with Crippen LogP contribution in [-0.4, -0.2) is 17.6 Å². The average molecular weight is 372 g/mol. The summed E-state index contributed by atoms with van der Waals surface area (Å²) in [7, 11) is 0. The molecular formula is C14H12BrClN2O3. The van der Waals surface area contributed by atoms with Gasteiger partial charge >= 0.3 is 5.97 Å². The molecule has 21 heavy (non-hydrogen) atoms. The van der Waals surface area contributed by atoms with Crippen LogP contribution in [0.15, 0.2) is 34.9 Å². The summed E-state index contributed by atoms with van der Waals surface area (Å²) in [6.07, 6.45) is 1.35. The van der Waals surface area contributed by atoms with Crippen LogP contribution in [0.2, 0.25) is 5.02 Å². The van der Waals surface area contributed by atoms with Crippen molar-refractivity contribution in [1.82, 2.24) is 4.98 Å². The highest BCUT2D eigenvalue weighted by Gasteiger charge is 2.14. The molecule has 0 atom stereocenters. The third-order valence-electron chi connectivity index (χ3n) is 2.51. The molecule has 110 valence electrons. The van der Waals surface area contributed by atoms with Gasteiger partial charge in [-0.25, -0.2) is 9.78 Å². The lowest BCUT2D eigenvalue weighted by atomic mass is 10.2. The summed E-state index contributed by atoms with van der Waals surface area (Å²) in [5, 5.41) is 0.576. The number of ether oxygens (including phenoxy) is 2. The molecule has 0 aliphatic rings. The Morgan fingerprint density at radius 2 is 2.19 bits per heavy atom. The first-order valence-electron chi connectivity index (χ1n) is 6.06. The van der Waals surface area contributed by atoms with Gasteiger partial charge in [0.25, 0.3) is 0 Å². The van der Waals surface area contributed by atoms with Gasteiger partial charge in [0.05, 0.1) is 28.5 Å². The molecule has 2 aromatic rings.